The lowest BCUT2D eigenvalue weighted by Crippen LogP contribution is -2.52. The Balaban J connectivity index is 2.52. The van der Waals surface area contributed by atoms with Gasteiger partial charge in [-0.05, 0) is 32.1 Å². The first kappa shape index (κ1) is 13.9. The summed E-state index contributed by atoms with van der Waals surface area (Å²) in [5.74, 6) is 1.53. The fourth-order valence-corrected chi connectivity index (χ4v) is 2.49. The van der Waals surface area contributed by atoms with Crippen molar-refractivity contribution in [3.63, 3.8) is 0 Å². The van der Waals surface area contributed by atoms with Gasteiger partial charge < -0.3 is 10.4 Å². The van der Waals surface area contributed by atoms with Crippen molar-refractivity contribution in [1.82, 2.24) is 10.2 Å². The summed E-state index contributed by atoms with van der Waals surface area (Å²) < 4.78 is 0. The fraction of sp³-hybridized carbons (Fsp3) is 1.00. The van der Waals surface area contributed by atoms with Gasteiger partial charge in [-0.1, -0.05) is 13.8 Å². The van der Waals surface area contributed by atoms with Crippen molar-refractivity contribution in [3.05, 3.63) is 0 Å². The SMILES string of the molecule is CC(C)C1CC(NCCO)CN(C(C)C)C1. The summed E-state index contributed by atoms with van der Waals surface area (Å²) in [5, 5.41) is 12.3. The molecule has 0 spiro atoms. The van der Waals surface area contributed by atoms with Crippen LogP contribution in [0.5, 0.6) is 0 Å². The Hall–Kier alpha value is -0.120. The summed E-state index contributed by atoms with van der Waals surface area (Å²) in [4.78, 5) is 2.56. The first-order chi connectivity index (χ1) is 7.54. The lowest BCUT2D eigenvalue weighted by atomic mass is 9.85. The van der Waals surface area contributed by atoms with Crippen LogP contribution in [0.2, 0.25) is 0 Å². The van der Waals surface area contributed by atoms with E-state index in [0.29, 0.717) is 12.1 Å². The van der Waals surface area contributed by atoms with Crippen LogP contribution >= 0.6 is 0 Å². The Labute approximate surface area is 100 Å². The Bertz CT molecular complexity index is 178. The van der Waals surface area contributed by atoms with Crippen LogP contribution in [0.25, 0.3) is 0 Å². The minimum atomic E-state index is 0.241. The van der Waals surface area contributed by atoms with Gasteiger partial charge in [0.1, 0.15) is 0 Å². The van der Waals surface area contributed by atoms with Crippen molar-refractivity contribution >= 4 is 0 Å². The Morgan fingerprint density at radius 3 is 2.44 bits per heavy atom. The number of hydrogen-bond donors (Lipinski definition) is 2. The maximum Gasteiger partial charge on any atom is 0.0556 e. The minimum Gasteiger partial charge on any atom is -0.395 e. The van der Waals surface area contributed by atoms with E-state index in [1.165, 1.54) is 13.0 Å². The van der Waals surface area contributed by atoms with Gasteiger partial charge in [-0.15, -0.1) is 0 Å². The molecule has 16 heavy (non-hydrogen) atoms. The van der Waals surface area contributed by atoms with Gasteiger partial charge in [0.05, 0.1) is 6.61 Å². The molecular weight excluding hydrogens is 200 g/mol. The molecule has 0 saturated carbocycles. The van der Waals surface area contributed by atoms with Crippen molar-refractivity contribution in [1.29, 1.82) is 0 Å². The number of rotatable bonds is 5. The highest BCUT2D eigenvalue weighted by atomic mass is 16.3. The van der Waals surface area contributed by atoms with Crippen LogP contribution in [0, 0.1) is 11.8 Å². The van der Waals surface area contributed by atoms with Crippen molar-refractivity contribution in [3.8, 4) is 0 Å². The monoisotopic (exact) mass is 228 g/mol. The van der Waals surface area contributed by atoms with Crippen molar-refractivity contribution < 1.29 is 5.11 Å². The maximum atomic E-state index is 8.87. The highest BCUT2D eigenvalue weighted by Crippen LogP contribution is 2.24. The summed E-state index contributed by atoms with van der Waals surface area (Å²) in [7, 11) is 0. The number of likely N-dealkylation sites (tertiary alicyclic amines) is 1. The van der Waals surface area contributed by atoms with E-state index in [0.717, 1.165) is 24.9 Å². The van der Waals surface area contributed by atoms with Gasteiger partial charge >= 0.3 is 0 Å². The normalized spacial score (nSPS) is 27.9. The molecule has 0 aliphatic carbocycles. The van der Waals surface area contributed by atoms with E-state index in [-0.39, 0.29) is 6.61 Å². The summed E-state index contributed by atoms with van der Waals surface area (Å²) >= 11 is 0. The van der Waals surface area contributed by atoms with E-state index in [9.17, 15) is 0 Å². The van der Waals surface area contributed by atoms with Gasteiger partial charge in [-0.2, -0.15) is 0 Å². The largest absolute Gasteiger partial charge is 0.395 e. The first-order valence-corrected chi connectivity index (χ1v) is 6.62. The second kappa shape index (κ2) is 6.58. The zero-order chi connectivity index (χ0) is 12.1. The molecule has 3 heteroatoms. The molecule has 1 rings (SSSR count). The van der Waals surface area contributed by atoms with Crippen LogP contribution in [0.15, 0.2) is 0 Å². The molecular formula is C13H28N2O. The Morgan fingerprint density at radius 1 is 1.25 bits per heavy atom. The Morgan fingerprint density at radius 2 is 1.94 bits per heavy atom. The van der Waals surface area contributed by atoms with E-state index in [1.807, 2.05) is 0 Å². The molecule has 0 bridgehead atoms. The maximum absolute atomic E-state index is 8.87. The average molecular weight is 228 g/mol. The number of hydrogen-bond acceptors (Lipinski definition) is 3. The molecule has 2 N–H and O–H groups in total. The summed E-state index contributed by atoms with van der Waals surface area (Å²) in [6.45, 7) is 12.5. The topological polar surface area (TPSA) is 35.5 Å². The third kappa shape index (κ3) is 4.04. The number of aliphatic hydroxyl groups excluding tert-OH is 1. The molecule has 0 aromatic carbocycles. The van der Waals surface area contributed by atoms with Gasteiger partial charge in [0.2, 0.25) is 0 Å². The van der Waals surface area contributed by atoms with Crippen LogP contribution in [0.3, 0.4) is 0 Å². The van der Waals surface area contributed by atoms with E-state index >= 15 is 0 Å². The van der Waals surface area contributed by atoms with E-state index in [4.69, 9.17) is 5.11 Å². The summed E-state index contributed by atoms with van der Waals surface area (Å²) in [6, 6.07) is 1.18. The molecule has 1 aliphatic rings. The van der Waals surface area contributed by atoms with Gasteiger partial charge in [-0.3, -0.25) is 4.90 Å². The molecule has 1 fully saturated rings. The third-order valence-electron chi connectivity index (χ3n) is 3.73. The number of nitrogens with one attached hydrogen (secondary N) is 1. The molecule has 1 saturated heterocycles. The lowest BCUT2D eigenvalue weighted by molar-refractivity contribution is 0.0886. The van der Waals surface area contributed by atoms with Crippen molar-refractivity contribution in [2.75, 3.05) is 26.2 Å². The fourth-order valence-electron chi connectivity index (χ4n) is 2.49. The summed E-state index contributed by atoms with van der Waals surface area (Å²) in [6.07, 6.45) is 1.25. The molecule has 2 atom stereocenters. The lowest BCUT2D eigenvalue weighted by Gasteiger charge is -2.41. The van der Waals surface area contributed by atoms with Gasteiger partial charge in [-0.25, -0.2) is 0 Å². The van der Waals surface area contributed by atoms with Crippen LogP contribution in [-0.4, -0.2) is 48.3 Å². The van der Waals surface area contributed by atoms with E-state index in [1.54, 1.807) is 0 Å². The zero-order valence-electron chi connectivity index (χ0n) is 11.2. The first-order valence-electron chi connectivity index (χ1n) is 6.62. The van der Waals surface area contributed by atoms with Crippen LogP contribution in [0.1, 0.15) is 34.1 Å². The molecule has 0 radical (unpaired) electrons. The Kier molecular flexibility index (Phi) is 5.73. The molecule has 0 aromatic heterocycles. The van der Waals surface area contributed by atoms with Crippen LogP contribution in [-0.2, 0) is 0 Å². The predicted molar refractivity (Wildman–Crippen MR) is 68.5 cm³/mol. The predicted octanol–water partition coefficient (Wildman–Crippen LogP) is 1.32. The van der Waals surface area contributed by atoms with E-state index < -0.39 is 0 Å². The number of piperidine rings is 1. The molecule has 3 nitrogen and oxygen atoms in total. The van der Waals surface area contributed by atoms with Gasteiger partial charge in [0.15, 0.2) is 0 Å². The smallest absolute Gasteiger partial charge is 0.0556 e. The summed E-state index contributed by atoms with van der Waals surface area (Å²) in [5.41, 5.74) is 0. The quantitative estimate of drug-likeness (QED) is 0.745. The van der Waals surface area contributed by atoms with Gasteiger partial charge in [0, 0.05) is 31.7 Å². The number of aliphatic hydroxyl groups is 1. The molecule has 0 aromatic rings. The zero-order valence-corrected chi connectivity index (χ0v) is 11.2. The molecule has 1 aliphatic heterocycles. The highest BCUT2D eigenvalue weighted by molar-refractivity contribution is 4.86. The van der Waals surface area contributed by atoms with Crippen LogP contribution in [0.4, 0.5) is 0 Å². The minimum absolute atomic E-state index is 0.241. The second-order valence-electron chi connectivity index (χ2n) is 5.66. The molecule has 1 heterocycles. The molecule has 96 valence electrons. The van der Waals surface area contributed by atoms with Gasteiger partial charge in [0.25, 0.3) is 0 Å². The second-order valence-corrected chi connectivity index (χ2v) is 5.66. The van der Waals surface area contributed by atoms with Crippen molar-refractivity contribution in [2.24, 2.45) is 11.8 Å². The highest BCUT2D eigenvalue weighted by Gasteiger charge is 2.29. The number of nitrogens with zero attached hydrogens (tertiary/aromatic N) is 1. The average Bonchev–Trinajstić information content (AvgIpc) is 2.25. The molecule has 2 unspecified atom stereocenters. The standard InChI is InChI=1S/C13H28N2O/c1-10(2)12-7-13(14-5-6-16)9-15(8-12)11(3)4/h10-14,16H,5-9H2,1-4H3. The third-order valence-corrected chi connectivity index (χ3v) is 3.73. The van der Waals surface area contributed by atoms with E-state index in [2.05, 4.69) is 37.9 Å². The van der Waals surface area contributed by atoms with Crippen molar-refractivity contribution in [2.45, 2.75) is 46.2 Å². The van der Waals surface area contributed by atoms with Crippen LogP contribution < -0.4 is 5.32 Å². The molecule has 0 amide bonds.